The zero-order chi connectivity index (χ0) is 14.2. The first-order valence-corrected chi connectivity index (χ1v) is 7.07. The van der Waals surface area contributed by atoms with E-state index in [1.165, 1.54) is 5.56 Å². The van der Waals surface area contributed by atoms with Crippen molar-refractivity contribution >= 4 is 35.6 Å². The number of hydrogen-bond donors (Lipinski definition) is 2. The van der Waals surface area contributed by atoms with Crippen LogP contribution in [0.2, 0.25) is 0 Å². The van der Waals surface area contributed by atoms with E-state index in [0.29, 0.717) is 19.1 Å². The Balaban J connectivity index is 0.00000220. The first kappa shape index (κ1) is 18.2. The summed E-state index contributed by atoms with van der Waals surface area (Å²) in [6.07, 6.45) is 2.13. The molecule has 0 aliphatic carbocycles. The predicted molar refractivity (Wildman–Crippen MR) is 96.5 cm³/mol. The van der Waals surface area contributed by atoms with Gasteiger partial charge in [-0.25, -0.2) is 0 Å². The second-order valence-corrected chi connectivity index (χ2v) is 4.97. The predicted octanol–water partition coefficient (Wildman–Crippen LogP) is 2.54. The maximum atomic E-state index is 5.83. The van der Waals surface area contributed by atoms with E-state index in [1.54, 1.807) is 0 Å². The fraction of sp³-hybridized carbons (Fsp3) is 0.533. The van der Waals surface area contributed by atoms with Gasteiger partial charge in [0.25, 0.3) is 0 Å². The van der Waals surface area contributed by atoms with Crippen molar-refractivity contribution in [2.45, 2.75) is 25.9 Å². The van der Waals surface area contributed by atoms with E-state index in [2.05, 4.69) is 17.2 Å². The molecule has 0 amide bonds. The highest BCUT2D eigenvalue weighted by Gasteiger charge is 2.15. The van der Waals surface area contributed by atoms with Crippen LogP contribution in [-0.4, -0.2) is 38.4 Å². The molecule has 0 saturated carbocycles. The Morgan fingerprint density at radius 2 is 2.19 bits per heavy atom. The number of hydrogen-bond acceptors (Lipinski definition) is 3. The van der Waals surface area contributed by atoms with Gasteiger partial charge in [-0.05, 0) is 31.9 Å². The van der Waals surface area contributed by atoms with Crippen molar-refractivity contribution in [2.75, 3.05) is 31.7 Å². The number of benzene rings is 1. The molecule has 118 valence electrons. The smallest absolute Gasteiger partial charge is 0.193 e. The highest BCUT2D eigenvalue weighted by molar-refractivity contribution is 14.0. The summed E-state index contributed by atoms with van der Waals surface area (Å²) < 4.78 is 10.9. The molecule has 1 unspecified atom stereocenters. The van der Waals surface area contributed by atoms with Crippen LogP contribution in [0.4, 0.5) is 5.69 Å². The second-order valence-electron chi connectivity index (χ2n) is 4.97. The Hall–Kier alpha value is -0.860. The van der Waals surface area contributed by atoms with Crippen LogP contribution < -0.4 is 11.1 Å². The van der Waals surface area contributed by atoms with E-state index in [4.69, 9.17) is 15.2 Å². The number of rotatable bonds is 6. The van der Waals surface area contributed by atoms with Gasteiger partial charge in [-0.3, -0.25) is 4.99 Å². The molecule has 0 bridgehead atoms. The minimum Gasteiger partial charge on any atom is -0.379 e. The molecule has 5 nitrogen and oxygen atoms in total. The van der Waals surface area contributed by atoms with Gasteiger partial charge < -0.3 is 20.5 Å². The van der Waals surface area contributed by atoms with E-state index in [1.807, 2.05) is 24.3 Å². The van der Waals surface area contributed by atoms with Gasteiger partial charge >= 0.3 is 0 Å². The third-order valence-electron chi connectivity index (χ3n) is 3.15. The number of aryl methyl sites for hydroxylation is 1. The number of aliphatic imine (C=N–C) groups is 1. The molecule has 6 heteroatoms. The highest BCUT2D eigenvalue weighted by atomic mass is 127. The van der Waals surface area contributed by atoms with Crippen LogP contribution in [0.1, 0.15) is 18.4 Å². The van der Waals surface area contributed by atoms with Gasteiger partial charge in [0, 0.05) is 25.4 Å². The molecule has 1 heterocycles. The van der Waals surface area contributed by atoms with Crippen LogP contribution >= 0.6 is 24.0 Å². The van der Waals surface area contributed by atoms with E-state index < -0.39 is 0 Å². The summed E-state index contributed by atoms with van der Waals surface area (Å²) in [7, 11) is 0. The lowest BCUT2D eigenvalue weighted by Gasteiger charge is -2.09. The average Bonchev–Trinajstić information content (AvgIpc) is 2.94. The molecule has 1 aliphatic heterocycles. The number of nitrogens with two attached hydrogens (primary N) is 1. The lowest BCUT2D eigenvalue weighted by Crippen LogP contribution is -2.23. The van der Waals surface area contributed by atoms with Crippen LogP contribution in [0, 0.1) is 6.92 Å². The van der Waals surface area contributed by atoms with Gasteiger partial charge in [0.05, 0.1) is 12.7 Å². The third-order valence-corrected chi connectivity index (χ3v) is 3.15. The number of anilines is 1. The molecule has 1 atom stereocenters. The molecule has 2 rings (SSSR count). The van der Waals surface area contributed by atoms with E-state index in [9.17, 15) is 0 Å². The monoisotopic (exact) mass is 405 g/mol. The summed E-state index contributed by atoms with van der Waals surface area (Å²) in [4.78, 5) is 4.28. The quantitative estimate of drug-likeness (QED) is 0.330. The molecule has 1 aliphatic rings. The van der Waals surface area contributed by atoms with E-state index in [0.717, 1.165) is 31.7 Å². The maximum Gasteiger partial charge on any atom is 0.193 e. The van der Waals surface area contributed by atoms with Gasteiger partial charge in [-0.1, -0.05) is 17.7 Å². The van der Waals surface area contributed by atoms with Gasteiger partial charge in [-0.15, -0.1) is 24.0 Å². The van der Waals surface area contributed by atoms with Crippen molar-refractivity contribution in [2.24, 2.45) is 10.7 Å². The van der Waals surface area contributed by atoms with Crippen LogP contribution in [0.3, 0.4) is 0 Å². The first-order chi connectivity index (χ1) is 9.74. The van der Waals surface area contributed by atoms with Crippen LogP contribution in [0.25, 0.3) is 0 Å². The lowest BCUT2D eigenvalue weighted by atomic mass is 10.2. The number of guanidine groups is 1. The highest BCUT2D eigenvalue weighted by Crippen LogP contribution is 2.09. The summed E-state index contributed by atoms with van der Waals surface area (Å²) in [5.74, 6) is 0.443. The number of nitrogens with zero attached hydrogens (tertiary/aromatic N) is 1. The number of ether oxygens (including phenoxy) is 2. The molecule has 21 heavy (non-hydrogen) atoms. The normalized spacial score (nSPS) is 18.3. The minimum absolute atomic E-state index is 0. The van der Waals surface area contributed by atoms with Crippen molar-refractivity contribution in [3.8, 4) is 0 Å². The maximum absolute atomic E-state index is 5.83. The van der Waals surface area contributed by atoms with Gasteiger partial charge in [0.1, 0.15) is 0 Å². The van der Waals surface area contributed by atoms with Crippen molar-refractivity contribution in [1.29, 1.82) is 0 Å². The molecule has 1 aromatic rings. The summed E-state index contributed by atoms with van der Waals surface area (Å²) in [5.41, 5.74) is 8.00. The number of halogens is 1. The largest absolute Gasteiger partial charge is 0.379 e. The standard InChI is InChI=1S/C15H23N3O2.HI/c1-12-3-5-13(6-4-12)18-15(16)17-8-2-9-20-14-7-10-19-11-14;/h3-6,14H,2,7-11H2,1H3,(H3,16,17,18);1H. The fourth-order valence-electron chi connectivity index (χ4n) is 1.98. The van der Waals surface area contributed by atoms with Crippen molar-refractivity contribution in [1.82, 2.24) is 0 Å². The molecule has 1 fully saturated rings. The molecular weight excluding hydrogens is 381 g/mol. The van der Waals surface area contributed by atoms with E-state index in [-0.39, 0.29) is 30.1 Å². The summed E-state index contributed by atoms with van der Waals surface area (Å²) >= 11 is 0. The zero-order valence-electron chi connectivity index (χ0n) is 12.4. The molecule has 1 saturated heterocycles. The fourth-order valence-corrected chi connectivity index (χ4v) is 1.98. The molecule has 1 aromatic carbocycles. The molecular formula is C15H24IN3O2. The Bertz CT molecular complexity index is 431. The topological polar surface area (TPSA) is 68.9 Å². The van der Waals surface area contributed by atoms with Crippen LogP contribution in [0.15, 0.2) is 29.3 Å². The lowest BCUT2D eigenvalue weighted by molar-refractivity contribution is 0.0424. The SMILES string of the molecule is Cc1ccc(NC(N)=NCCCOC2CCOC2)cc1.I. The second kappa shape index (κ2) is 9.97. The third kappa shape index (κ3) is 7.10. The minimum atomic E-state index is 0. The van der Waals surface area contributed by atoms with Gasteiger partial charge in [-0.2, -0.15) is 0 Å². The van der Waals surface area contributed by atoms with Crippen LogP contribution in [-0.2, 0) is 9.47 Å². The average molecular weight is 405 g/mol. The Labute approximate surface area is 143 Å². The summed E-state index contributed by atoms with van der Waals surface area (Å²) in [5, 5.41) is 3.07. The first-order valence-electron chi connectivity index (χ1n) is 7.07. The zero-order valence-corrected chi connectivity index (χ0v) is 14.7. The van der Waals surface area contributed by atoms with Crippen molar-refractivity contribution in [3.05, 3.63) is 29.8 Å². The van der Waals surface area contributed by atoms with Crippen LogP contribution in [0.5, 0.6) is 0 Å². The Kier molecular flexibility index (Phi) is 8.63. The molecule has 3 N–H and O–H groups in total. The Morgan fingerprint density at radius 3 is 2.86 bits per heavy atom. The van der Waals surface area contributed by atoms with Crippen molar-refractivity contribution < 1.29 is 9.47 Å². The molecule has 0 radical (unpaired) electrons. The van der Waals surface area contributed by atoms with E-state index >= 15 is 0 Å². The van der Waals surface area contributed by atoms with Gasteiger partial charge in [0.15, 0.2) is 5.96 Å². The van der Waals surface area contributed by atoms with Gasteiger partial charge in [0.2, 0.25) is 0 Å². The summed E-state index contributed by atoms with van der Waals surface area (Å²) in [6, 6.07) is 8.04. The summed E-state index contributed by atoms with van der Waals surface area (Å²) in [6.45, 7) is 4.96. The Morgan fingerprint density at radius 1 is 1.43 bits per heavy atom. The molecule has 0 aromatic heterocycles. The number of nitrogens with one attached hydrogen (secondary N) is 1. The molecule has 0 spiro atoms. The van der Waals surface area contributed by atoms with Crippen molar-refractivity contribution in [3.63, 3.8) is 0 Å².